The first-order valence-electron chi connectivity index (χ1n) is 10.1. The topological polar surface area (TPSA) is 109 Å². The van der Waals surface area contributed by atoms with Gasteiger partial charge in [0.2, 0.25) is 17.7 Å². The van der Waals surface area contributed by atoms with Gasteiger partial charge in [0, 0.05) is 32.9 Å². The molecule has 28 heavy (non-hydrogen) atoms. The maximum absolute atomic E-state index is 11.9. The normalized spacial score (nSPS) is 15.9. The largest absolute Gasteiger partial charge is 0.355 e. The highest BCUT2D eigenvalue weighted by Crippen LogP contribution is 2.34. The molecule has 0 saturated heterocycles. The summed E-state index contributed by atoms with van der Waals surface area (Å²) in [5.41, 5.74) is -0.544. The number of hydrogen-bond donors (Lipinski definition) is 3. The summed E-state index contributed by atoms with van der Waals surface area (Å²) in [6.07, 6.45) is 7.77. The summed E-state index contributed by atoms with van der Waals surface area (Å²) in [5, 5.41) is 13.3. The molecule has 0 spiro atoms. The molecule has 1 saturated carbocycles. The van der Waals surface area contributed by atoms with Crippen molar-refractivity contribution in [3.05, 3.63) is 11.7 Å². The second-order valence-electron chi connectivity index (χ2n) is 7.29. The van der Waals surface area contributed by atoms with E-state index in [4.69, 9.17) is 4.52 Å². The number of nitrogens with zero attached hydrogens (tertiary/aromatic N) is 2. The number of aromatic nitrogens is 2. The summed E-state index contributed by atoms with van der Waals surface area (Å²) < 4.78 is 5.37. The number of aryl methyl sites for hydroxylation is 1. The Bertz CT molecular complexity index is 600. The van der Waals surface area contributed by atoms with Gasteiger partial charge in [0.1, 0.15) is 5.54 Å². The predicted molar refractivity (Wildman–Crippen MR) is 109 cm³/mol. The van der Waals surface area contributed by atoms with Crippen LogP contribution in [0.2, 0.25) is 0 Å². The highest BCUT2D eigenvalue weighted by atomic mass is 35.5. The molecule has 0 aliphatic heterocycles. The Labute approximate surface area is 173 Å². The number of hydrogen-bond acceptors (Lipinski definition) is 6. The van der Waals surface area contributed by atoms with Crippen LogP contribution >= 0.6 is 12.4 Å². The van der Waals surface area contributed by atoms with Crippen molar-refractivity contribution in [2.45, 2.75) is 77.2 Å². The molecule has 1 aromatic heterocycles. The number of amides is 2. The first kappa shape index (κ1) is 24.4. The van der Waals surface area contributed by atoms with E-state index in [1.165, 1.54) is 6.92 Å². The molecular formula is C19H34ClN5O3. The Hall–Kier alpha value is -1.67. The zero-order valence-corrected chi connectivity index (χ0v) is 17.8. The van der Waals surface area contributed by atoms with Crippen LogP contribution in [-0.4, -0.2) is 41.6 Å². The van der Waals surface area contributed by atoms with Crippen LogP contribution in [0.3, 0.4) is 0 Å². The van der Waals surface area contributed by atoms with Gasteiger partial charge >= 0.3 is 0 Å². The molecular weight excluding hydrogens is 382 g/mol. The van der Waals surface area contributed by atoms with Crippen molar-refractivity contribution in [3.8, 4) is 0 Å². The van der Waals surface area contributed by atoms with Crippen LogP contribution in [-0.2, 0) is 21.5 Å². The Morgan fingerprint density at radius 2 is 1.82 bits per heavy atom. The molecule has 2 rings (SSSR count). The van der Waals surface area contributed by atoms with E-state index in [2.05, 4.69) is 33.0 Å². The second kappa shape index (κ2) is 12.7. The van der Waals surface area contributed by atoms with E-state index in [9.17, 15) is 9.59 Å². The van der Waals surface area contributed by atoms with Crippen LogP contribution in [0.4, 0.5) is 0 Å². The fourth-order valence-corrected chi connectivity index (χ4v) is 3.53. The summed E-state index contributed by atoms with van der Waals surface area (Å²) in [5.74, 6) is 0.871. The van der Waals surface area contributed by atoms with Gasteiger partial charge in [-0.1, -0.05) is 37.8 Å². The first-order valence-corrected chi connectivity index (χ1v) is 10.1. The average Bonchev–Trinajstić information content (AvgIpc) is 3.00. The minimum absolute atomic E-state index is 0. The third-order valence-corrected chi connectivity index (χ3v) is 4.89. The van der Waals surface area contributed by atoms with E-state index in [-0.39, 0.29) is 24.2 Å². The summed E-state index contributed by atoms with van der Waals surface area (Å²) in [6.45, 7) is 5.96. The lowest BCUT2D eigenvalue weighted by Gasteiger charge is -2.30. The third-order valence-electron chi connectivity index (χ3n) is 4.89. The lowest BCUT2D eigenvalue weighted by atomic mass is 9.89. The van der Waals surface area contributed by atoms with Crippen molar-refractivity contribution in [3.63, 3.8) is 0 Å². The van der Waals surface area contributed by atoms with Crippen molar-refractivity contribution < 1.29 is 14.1 Å². The van der Waals surface area contributed by atoms with Crippen LogP contribution in [0.25, 0.3) is 0 Å². The van der Waals surface area contributed by atoms with Gasteiger partial charge < -0.3 is 20.5 Å². The SMILES string of the molecule is CCCNCCNC(=O)CCc1nc(C2(NC(C)=O)CCCCCC2)no1.Cl. The van der Waals surface area contributed by atoms with Crippen molar-refractivity contribution in [1.29, 1.82) is 0 Å². The maximum Gasteiger partial charge on any atom is 0.227 e. The molecule has 160 valence electrons. The van der Waals surface area contributed by atoms with Crippen LogP contribution in [0.1, 0.15) is 76.9 Å². The fourth-order valence-electron chi connectivity index (χ4n) is 3.53. The van der Waals surface area contributed by atoms with Gasteiger partial charge in [-0.2, -0.15) is 4.98 Å². The zero-order valence-electron chi connectivity index (χ0n) is 17.0. The molecule has 0 radical (unpaired) electrons. The van der Waals surface area contributed by atoms with Gasteiger partial charge in [0.05, 0.1) is 0 Å². The zero-order chi connectivity index (χ0) is 19.5. The Kier molecular flexibility index (Phi) is 11.1. The molecule has 3 N–H and O–H groups in total. The number of nitrogens with one attached hydrogen (secondary N) is 3. The Balaban J connectivity index is 0.00000392. The fraction of sp³-hybridized carbons (Fsp3) is 0.789. The van der Waals surface area contributed by atoms with Gasteiger partial charge in [-0.15, -0.1) is 12.4 Å². The molecule has 9 heteroatoms. The Morgan fingerprint density at radius 3 is 2.46 bits per heavy atom. The molecule has 1 aliphatic carbocycles. The van der Waals surface area contributed by atoms with Crippen molar-refractivity contribution in [2.24, 2.45) is 0 Å². The summed E-state index contributed by atoms with van der Waals surface area (Å²) in [6, 6.07) is 0. The van der Waals surface area contributed by atoms with E-state index in [0.29, 0.717) is 31.1 Å². The lowest BCUT2D eigenvalue weighted by Crippen LogP contribution is -2.45. The lowest BCUT2D eigenvalue weighted by molar-refractivity contribution is -0.122. The first-order chi connectivity index (χ1) is 13.1. The average molecular weight is 416 g/mol. The van der Waals surface area contributed by atoms with E-state index in [0.717, 1.165) is 58.0 Å². The molecule has 0 aromatic carbocycles. The van der Waals surface area contributed by atoms with Gasteiger partial charge in [-0.3, -0.25) is 9.59 Å². The molecule has 1 fully saturated rings. The molecule has 0 bridgehead atoms. The predicted octanol–water partition coefficient (Wildman–Crippen LogP) is 2.23. The number of halogens is 1. The molecule has 1 aromatic rings. The molecule has 8 nitrogen and oxygen atoms in total. The molecule has 1 heterocycles. The summed E-state index contributed by atoms with van der Waals surface area (Å²) in [4.78, 5) is 28.2. The van der Waals surface area contributed by atoms with E-state index in [1.807, 2.05) is 0 Å². The number of carbonyl (C=O) groups is 2. The highest BCUT2D eigenvalue weighted by Gasteiger charge is 2.38. The van der Waals surface area contributed by atoms with Gasteiger partial charge in [0.15, 0.2) is 5.82 Å². The Morgan fingerprint density at radius 1 is 1.11 bits per heavy atom. The quantitative estimate of drug-likeness (QED) is 0.399. The monoisotopic (exact) mass is 415 g/mol. The minimum atomic E-state index is -0.544. The number of carbonyl (C=O) groups excluding carboxylic acids is 2. The van der Waals surface area contributed by atoms with E-state index in [1.54, 1.807) is 0 Å². The van der Waals surface area contributed by atoms with Crippen molar-refractivity contribution in [1.82, 2.24) is 26.1 Å². The minimum Gasteiger partial charge on any atom is -0.355 e. The van der Waals surface area contributed by atoms with E-state index < -0.39 is 5.54 Å². The van der Waals surface area contributed by atoms with Crippen LogP contribution in [0, 0.1) is 0 Å². The maximum atomic E-state index is 11.9. The van der Waals surface area contributed by atoms with Gasteiger partial charge in [0.25, 0.3) is 0 Å². The summed E-state index contributed by atoms with van der Waals surface area (Å²) in [7, 11) is 0. The second-order valence-corrected chi connectivity index (χ2v) is 7.29. The van der Waals surface area contributed by atoms with Crippen LogP contribution in [0.15, 0.2) is 4.52 Å². The van der Waals surface area contributed by atoms with Crippen LogP contribution < -0.4 is 16.0 Å². The molecule has 2 amide bonds. The smallest absolute Gasteiger partial charge is 0.227 e. The van der Waals surface area contributed by atoms with Gasteiger partial charge in [-0.05, 0) is 25.8 Å². The van der Waals surface area contributed by atoms with Crippen molar-refractivity contribution >= 4 is 24.2 Å². The molecule has 0 atom stereocenters. The standard InChI is InChI=1S/C19H33N5O3.ClH/c1-3-12-20-13-14-21-16(26)8-9-17-22-18(24-27-17)19(23-15(2)25)10-6-4-5-7-11-19;/h20H,3-14H2,1-2H3,(H,21,26)(H,23,25);1H. The molecule has 0 unspecified atom stereocenters. The third kappa shape index (κ3) is 7.75. The summed E-state index contributed by atoms with van der Waals surface area (Å²) >= 11 is 0. The van der Waals surface area contributed by atoms with Crippen LogP contribution in [0.5, 0.6) is 0 Å². The van der Waals surface area contributed by atoms with Crippen molar-refractivity contribution in [2.75, 3.05) is 19.6 Å². The molecule has 1 aliphatic rings. The number of rotatable bonds is 10. The highest BCUT2D eigenvalue weighted by molar-refractivity contribution is 5.85. The van der Waals surface area contributed by atoms with E-state index >= 15 is 0 Å². The van der Waals surface area contributed by atoms with Gasteiger partial charge in [-0.25, -0.2) is 0 Å².